The van der Waals surface area contributed by atoms with Crippen LogP contribution in [0.1, 0.15) is 29.9 Å². The van der Waals surface area contributed by atoms with Gasteiger partial charge in [-0.2, -0.15) is 0 Å². The fraction of sp³-hybridized carbons (Fsp3) is 0.290. The van der Waals surface area contributed by atoms with E-state index in [4.69, 9.17) is 30.6 Å². The summed E-state index contributed by atoms with van der Waals surface area (Å²) >= 11 is 5.85. The van der Waals surface area contributed by atoms with Gasteiger partial charge in [-0.1, -0.05) is 35.0 Å². The molecule has 5 aromatic rings. The molecule has 0 radical (unpaired) electrons. The first-order valence-electron chi connectivity index (χ1n) is 14.1. The van der Waals surface area contributed by atoms with Crippen LogP contribution in [-0.2, 0) is 24.4 Å². The number of nitrogens with one attached hydrogen (secondary N) is 1. The van der Waals surface area contributed by atoms with Gasteiger partial charge >= 0.3 is 5.76 Å². The van der Waals surface area contributed by atoms with Crippen LogP contribution < -0.4 is 10.5 Å². The summed E-state index contributed by atoms with van der Waals surface area (Å²) in [4.78, 5) is 26.1. The van der Waals surface area contributed by atoms with Crippen LogP contribution in [0.2, 0.25) is 5.02 Å². The summed E-state index contributed by atoms with van der Waals surface area (Å²) in [7, 11) is 0. The van der Waals surface area contributed by atoms with Crippen LogP contribution in [0.4, 0.5) is 4.39 Å². The lowest BCUT2D eigenvalue weighted by Crippen LogP contribution is -2.33. The normalized spacial score (nSPS) is 17.2. The van der Waals surface area contributed by atoms with Crippen molar-refractivity contribution in [3.05, 3.63) is 99.1 Å². The number of ether oxygens (including phenoxy) is 2. The average Bonchev–Trinajstić information content (AvgIpc) is 3.57. The maximum atomic E-state index is 14.1. The monoisotopic (exact) mass is 602 g/mol. The molecule has 2 aliphatic rings. The van der Waals surface area contributed by atoms with E-state index in [-0.39, 0.29) is 12.7 Å². The highest BCUT2D eigenvalue weighted by molar-refractivity contribution is 6.30. The third-order valence-corrected chi connectivity index (χ3v) is 8.06. The number of hydrogen-bond donors (Lipinski definition) is 1. The van der Waals surface area contributed by atoms with E-state index in [1.165, 1.54) is 6.07 Å². The van der Waals surface area contributed by atoms with E-state index in [2.05, 4.69) is 30.7 Å². The van der Waals surface area contributed by atoms with Crippen molar-refractivity contribution in [1.29, 1.82) is 0 Å². The number of fused-ring (bicyclic) bond motifs is 1. The molecular weight excluding hydrogens is 575 g/mol. The lowest BCUT2D eigenvalue weighted by molar-refractivity contribution is -0.0591. The number of halogens is 2. The fourth-order valence-corrected chi connectivity index (χ4v) is 5.54. The number of rotatable bonds is 9. The van der Waals surface area contributed by atoms with Crippen molar-refractivity contribution < 1.29 is 18.4 Å². The zero-order valence-corrected chi connectivity index (χ0v) is 23.9. The molecule has 3 aromatic heterocycles. The van der Waals surface area contributed by atoms with Crippen molar-refractivity contribution in [2.75, 3.05) is 19.7 Å². The zero-order valence-electron chi connectivity index (χ0n) is 23.1. The van der Waals surface area contributed by atoms with Gasteiger partial charge in [0, 0.05) is 41.9 Å². The first-order chi connectivity index (χ1) is 21.0. The quantitative estimate of drug-likeness (QED) is 0.244. The molecule has 220 valence electrons. The fourth-order valence-electron chi connectivity index (χ4n) is 5.38. The number of aromatic amines is 1. The van der Waals surface area contributed by atoms with Gasteiger partial charge in [0.15, 0.2) is 5.82 Å². The number of aromatic nitrogens is 5. The average molecular weight is 603 g/mol. The Hall–Kier alpha value is -4.32. The minimum absolute atomic E-state index is 0.0667. The third kappa shape index (κ3) is 5.96. The van der Waals surface area contributed by atoms with Gasteiger partial charge in [0.25, 0.3) is 0 Å². The minimum atomic E-state index is -0.590. The smallest absolute Gasteiger partial charge is 0.439 e. The van der Waals surface area contributed by atoms with E-state index in [1.54, 1.807) is 18.2 Å². The van der Waals surface area contributed by atoms with E-state index >= 15 is 0 Å². The van der Waals surface area contributed by atoms with E-state index in [9.17, 15) is 9.18 Å². The molecule has 5 heterocycles. The topological polar surface area (TPSA) is 111 Å². The second kappa shape index (κ2) is 11.8. The SMILES string of the molecule is O=c1[nH]c(-c2ccc3nc(CN4CC=C(c5cccc(OCc6ccc(Cl)cc6F)n5)CC4)n(CC4CCO4)c3c2)no1. The largest absolute Gasteiger partial charge is 0.473 e. The van der Waals surface area contributed by atoms with Gasteiger partial charge in [-0.25, -0.2) is 19.2 Å². The van der Waals surface area contributed by atoms with Crippen LogP contribution in [0, 0.1) is 5.82 Å². The van der Waals surface area contributed by atoms with Gasteiger partial charge in [0.05, 0.1) is 35.9 Å². The van der Waals surface area contributed by atoms with Crippen LogP contribution in [-0.4, -0.2) is 55.4 Å². The maximum Gasteiger partial charge on any atom is 0.439 e. The van der Waals surface area contributed by atoms with Crippen LogP contribution in [0.3, 0.4) is 0 Å². The summed E-state index contributed by atoms with van der Waals surface area (Å²) in [5.74, 6) is 0.786. The summed E-state index contributed by atoms with van der Waals surface area (Å²) in [6.07, 6.45) is 4.17. The Balaban J connectivity index is 1.06. The highest BCUT2D eigenvalue weighted by Crippen LogP contribution is 2.28. The molecule has 0 spiro atoms. The second-order valence-electron chi connectivity index (χ2n) is 10.7. The Morgan fingerprint density at radius 1 is 1.14 bits per heavy atom. The second-order valence-corrected chi connectivity index (χ2v) is 11.1. The van der Waals surface area contributed by atoms with Crippen molar-refractivity contribution in [2.45, 2.75) is 38.6 Å². The molecule has 7 rings (SSSR count). The van der Waals surface area contributed by atoms with Crippen molar-refractivity contribution in [2.24, 2.45) is 0 Å². The van der Waals surface area contributed by atoms with Crippen molar-refractivity contribution in [3.63, 3.8) is 0 Å². The molecule has 1 N–H and O–H groups in total. The maximum absolute atomic E-state index is 14.1. The summed E-state index contributed by atoms with van der Waals surface area (Å²) in [5.41, 5.74) is 4.99. The molecule has 0 aliphatic carbocycles. The molecule has 0 amide bonds. The van der Waals surface area contributed by atoms with E-state index < -0.39 is 11.6 Å². The molecule has 1 unspecified atom stereocenters. The highest BCUT2D eigenvalue weighted by atomic mass is 35.5. The van der Waals surface area contributed by atoms with Gasteiger partial charge < -0.3 is 14.0 Å². The van der Waals surface area contributed by atoms with Gasteiger partial charge in [-0.05, 0) is 54.8 Å². The predicted molar refractivity (Wildman–Crippen MR) is 158 cm³/mol. The van der Waals surface area contributed by atoms with Gasteiger partial charge in [0.1, 0.15) is 18.2 Å². The summed E-state index contributed by atoms with van der Waals surface area (Å²) in [6.45, 7) is 3.80. The number of pyridine rings is 1. The summed E-state index contributed by atoms with van der Waals surface area (Å²) in [5, 5.41) is 4.18. The Kier molecular flexibility index (Phi) is 7.52. The molecule has 1 atom stereocenters. The number of nitrogens with zero attached hydrogens (tertiary/aromatic N) is 5. The van der Waals surface area contributed by atoms with E-state index in [0.717, 1.165) is 66.2 Å². The lowest BCUT2D eigenvalue weighted by Gasteiger charge is -2.29. The molecule has 1 saturated heterocycles. The first-order valence-corrected chi connectivity index (χ1v) is 14.5. The molecule has 2 aromatic carbocycles. The van der Waals surface area contributed by atoms with Crippen LogP contribution in [0.25, 0.3) is 28.0 Å². The molecule has 0 saturated carbocycles. The molecule has 10 nitrogen and oxygen atoms in total. The molecular formula is C31H28ClFN6O4. The number of benzene rings is 2. The molecule has 12 heteroatoms. The van der Waals surface area contributed by atoms with Gasteiger partial charge in [0.2, 0.25) is 5.88 Å². The van der Waals surface area contributed by atoms with Crippen molar-refractivity contribution >= 4 is 28.2 Å². The zero-order chi connectivity index (χ0) is 29.3. The van der Waals surface area contributed by atoms with E-state index in [0.29, 0.717) is 35.4 Å². The number of hydrogen-bond acceptors (Lipinski definition) is 8. The summed E-state index contributed by atoms with van der Waals surface area (Å²) < 4.78 is 32.6. The Morgan fingerprint density at radius 2 is 2.05 bits per heavy atom. The van der Waals surface area contributed by atoms with Crippen LogP contribution >= 0.6 is 11.6 Å². The lowest BCUT2D eigenvalue weighted by atomic mass is 10.0. The van der Waals surface area contributed by atoms with Crippen molar-refractivity contribution in [3.8, 4) is 17.3 Å². The predicted octanol–water partition coefficient (Wildman–Crippen LogP) is 5.22. The number of imidazole rings is 1. The van der Waals surface area contributed by atoms with Gasteiger partial charge in [-0.3, -0.25) is 14.4 Å². The first kappa shape index (κ1) is 27.5. The Morgan fingerprint density at radius 3 is 2.79 bits per heavy atom. The molecule has 1 fully saturated rings. The molecule has 0 bridgehead atoms. The molecule has 43 heavy (non-hydrogen) atoms. The van der Waals surface area contributed by atoms with E-state index in [1.807, 2.05) is 30.3 Å². The minimum Gasteiger partial charge on any atom is -0.473 e. The number of H-pyrrole nitrogens is 1. The van der Waals surface area contributed by atoms with Crippen LogP contribution in [0.15, 0.2) is 70.0 Å². The highest BCUT2D eigenvalue weighted by Gasteiger charge is 2.24. The Bertz CT molecular complexity index is 1880. The Labute approximate surface area is 250 Å². The summed E-state index contributed by atoms with van der Waals surface area (Å²) in [6, 6.07) is 16.0. The standard InChI is InChI=1S/C31H28ClFN6O4/c32-22-6-4-21(24(33)15-22)18-42-29-3-1-2-25(35-29)19-8-11-38(12-9-19)17-28-34-26-7-5-20(30-36-31(40)43-37-30)14-27(26)39(28)16-23-10-13-41-23/h1-8,14-15,23H,9-13,16-18H2,(H,36,37,40). The van der Waals surface area contributed by atoms with Crippen LogP contribution in [0.5, 0.6) is 5.88 Å². The van der Waals surface area contributed by atoms with Crippen molar-refractivity contribution in [1.82, 2.24) is 29.6 Å². The third-order valence-electron chi connectivity index (χ3n) is 7.82. The van der Waals surface area contributed by atoms with Gasteiger partial charge in [-0.15, -0.1) is 0 Å². The molecule has 2 aliphatic heterocycles.